The molecule has 0 amide bonds. The molecule has 0 atom stereocenters. The molecule has 0 aromatic heterocycles. The summed E-state index contributed by atoms with van der Waals surface area (Å²) in [4.78, 5) is 21.6. The molecule has 2 heterocycles. The molecular weight excluding hydrogens is 370 g/mol. The molecule has 2 aromatic carbocycles. The first-order valence-electron chi connectivity index (χ1n) is 10.4. The van der Waals surface area contributed by atoms with Gasteiger partial charge in [0, 0.05) is 19.0 Å². The normalized spacial score (nSPS) is 13.5. The zero-order valence-electron chi connectivity index (χ0n) is 16.7. The molecule has 4 heteroatoms. The van der Waals surface area contributed by atoms with Crippen molar-refractivity contribution < 1.29 is 0 Å². The van der Waals surface area contributed by atoms with E-state index in [0.717, 1.165) is 35.4 Å². The molecule has 0 saturated heterocycles. The van der Waals surface area contributed by atoms with Gasteiger partial charge in [0.1, 0.15) is 5.69 Å². The minimum absolute atomic E-state index is 0.0428. The summed E-state index contributed by atoms with van der Waals surface area (Å²) in [5, 5.41) is 0. The number of hydrogen-bond acceptors (Lipinski definition) is 2. The number of aromatic amines is 1. The highest BCUT2D eigenvalue weighted by Crippen LogP contribution is 2.24. The molecular formula is C26H23N3O. The standard InChI is InChI=1S/C26H23N3O/c30-26-23(17-20-12-6-2-7-13-20)28-25-22(16-19-10-4-1-5-11-19)27-24(18-29(25)26)21-14-8-3-9-15-21/h1-2,4-8,10-15,18,27H,3,9,16-17H2. The van der Waals surface area contributed by atoms with Crippen molar-refractivity contribution in [1.82, 2.24) is 14.5 Å². The fraction of sp³-hybridized carbons (Fsp3) is 0.154. The Morgan fingerprint density at radius 1 is 0.900 bits per heavy atom. The molecule has 3 aliphatic rings. The van der Waals surface area contributed by atoms with Gasteiger partial charge in [0.25, 0.3) is 5.56 Å². The summed E-state index contributed by atoms with van der Waals surface area (Å²) in [6, 6.07) is 20.3. The van der Waals surface area contributed by atoms with Crippen LogP contribution in [0.4, 0.5) is 0 Å². The van der Waals surface area contributed by atoms with Crippen molar-refractivity contribution in [3.63, 3.8) is 0 Å². The molecule has 1 aliphatic carbocycles. The molecule has 30 heavy (non-hydrogen) atoms. The van der Waals surface area contributed by atoms with E-state index >= 15 is 0 Å². The lowest BCUT2D eigenvalue weighted by Crippen LogP contribution is -2.18. The molecule has 0 radical (unpaired) electrons. The van der Waals surface area contributed by atoms with Gasteiger partial charge in [-0.05, 0) is 29.5 Å². The Kier molecular flexibility index (Phi) is 4.89. The summed E-state index contributed by atoms with van der Waals surface area (Å²) in [5.41, 5.74) is 5.83. The fourth-order valence-electron chi connectivity index (χ4n) is 3.96. The minimum atomic E-state index is -0.0428. The summed E-state index contributed by atoms with van der Waals surface area (Å²) >= 11 is 0. The first kappa shape index (κ1) is 18.4. The van der Waals surface area contributed by atoms with Gasteiger partial charge in [-0.3, -0.25) is 9.36 Å². The van der Waals surface area contributed by atoms with Crippen LogP contribution in [0.25, 0.3) is 11.4 Å². The first-order valence-corrected chi connectivity index (χ1v) is 10.4. The predicted molar refractivity (Wildman–Crippen MR) is 120 cm³/mol. The SMILES string of the molecule is O=c1c(Cc2ccccc2)nc2c(Cc3ccccc3)[nH]c(C3=CCCC=C3)cn1-2. The number of nitrogens with one attached hydrogen (secondary N) is 1. The second kappa shape index (κ2) is 7.99. The minimum Gasteiger partial charge on any atom is -0.354 e. The topological polar surface area (TPSA) is 50.7 Å². The van der Waals surface area contributed by atoms with Crippen LogP contribution in [0.2, 0.25) is 0 Å². The Bertz CT molecular complexity index is 1250. The van der Waals surface area contributed by atoms with E-state index in [2.05, 4.69) is 35.3 Å². The molecule has 2 aromatic rings. The maximum absolute atomic E-state index is 13.2. The van der Waals surface area contributed by atoms with Crippen molar-refractivity contribution in [2.45, 2.75) is 25.7 Å². The summed E-state index contributed by atoms with van der Waals surface area (Å²) < 4.78 is 1.71. The lowest BCUT2D eigenvalue weighted by molar-refractivity contribution is 0.899. The van der Waals surface area contributed by atoms with Gasteiger partial charge < -0.3 is 4.98 Å². The van der Waals surface area contributed by atoms with Crippen LogP contribution in [0.5, 0.6) is 0 Å². The third-order valence-corrected chi connectivity index (χ3v) is 5.49. The van der Waals surface area contributed by atoms with Crippen LogP contribution in [0.1, 0.15) is 41.1 Å². The number of fused-ring (bicyclic) bond motifs is 1. The van der Waals surface area contributed by atoms with Crippen molar-refractivity contribution in [3.05, 3.63) is 124 Å². The van der Waals surface area contributed by atoms with Crippen molar-refractivity contribution in [2.75, 3.05) is 0 Å². The molecule has 0 saturated carbocycles. The molecule has 5 rings (SSSR count). The number of nitrogens with zero attached hydrogens (tertiary/aromatic N) is 2. The maximum atomic E-state index is 13.2. The first-order chi connectivity index (χ1) is 14.8. The third kappa shape index (κ3) is 3.64. The second-order valence-electron chi connectivity index (χ2n) is 7.67. The summed E-state index contributed by atoms with van der Waals surface area (Å²) in [6.07, 6.45) is 11.7. The summed E-state index contributed by atoms with van der Waals surface area (Å²) in [7, 11) is 0. The van der Waals surface area contributed by atoms with Crippen LogP contribution >= 0.6 is 0 Å². The highest BCUT2D eigenvalue weighted by molar-refractivity contribution is 5.72. The monoisotopic (exact) mass is 393 g/mol. The van der Waals surface area contributed by atoms with E-state index in [1.165, 1.54) is 5.56 Å². The van der Waals surface area contributed by atoms with Crippen LogP contribution in [0.3, 0.4) is 0 Å². The molecule has 0 bridgehead atoms. The van der Waals surface area contributed by atoms with Gasteiger partial charge in [-0.2, -0.15) is 0 Å². The Hall–Kier alpha value is -3.66. The zero-order chi connectivity index (χ0) is 20.3. The Morgan fingerprint density at radius 2 is 1.60 bits per heavy atom. The van der Waals surface area contributed by atoms with Crippen LogP contribution in [-0.4, -0.2) is 14.5 Å². The van der Waals surface area contributed by atoms with Gasteiger partial charge in [0.15, 0.2) is 5.82 Å². The number of hydrogen-bond donors (Lipinski definition) is 1. The third-order valence-electron chi connectivity index (χ3n) is 5.49. The quantitative estimate of drug-likeness (QED) is 0.524. The Morgan fingerprint density at radius 3 is 2.27 bits per heavy atom. The molecule has 1 N–H and O–H groups in total. The highest BCUT2D eigenvalue weighted by Gasteiger charge is 2.20. The van der Waals surface area contributed by atoms with Crippen molar-refractivity contribution >= 4 is 5.57 Å². The van der Waals surface area contributed by atoms with E-state index in [4.69, 9.17) is 4.98 Å². The number of allylic oxidation sites excluding steroid dienone is 4. The number of H-pyrrole nitrogens is 1. The Labute approximate surface area is 175 Å². The second-order valence-corrected chi connectivity index (χ2v) is 7.67. The van der Waals surface area contributed by atoms with E-state index in [-0.39, 0.29) is 5.56 Å². The van der Waals surface area contributed by atoms with E-state index in [0.29, 0.717) is 24.4 Å². The average molecular weight is 393 g/mol. The van der Waals surface area contributed by atoms with Crippen LogP contribution in [0, 0.1) is 0 Å². The number of rotatable bonds is 5. The van der Waals surface area contributed by atoms with Gasteiger partial charge in [-0.15, -0.1) is 0 Å². The number of imidazole rings is 1. The lowest BCUT2D eigenvalue weighted by atomic mass is 10.0. The van der Waals surface area contributed by atoms with Crippen molar-refractivity contribution in [2.24, 2.45) is 0 Å². The van der Waals surface area contributed by atoms with Gasteiger partial charge >= 0.3 is 0 Å². The van der Waals surface area contributed by atoms with Gasteiger partial charge in [-0.1, -0.05) is 78.9 Å². The van der Waals surface area contributed by atoms with E-state index < -0.39 is 0 Å². The molecule has 0 spiro atoms. The highest BCUT2D eigenvalue weighted by atomic mass is 16.1. The maximum Gasteiger partial charge on any atom is 0.278 e. The predicted octanol–water partition coefficient (Wildman–Crippen LogP) is 4.91. The van der Waals surface area contributed by atoms with Gasteiger partial charge in [-0.25, -0.2) is 4.98 Å². The van der Waals surface area contributed by atoms with Gasteiger partial charge in [0.05, 0.1) is 11.4 Å². The van der Waals surface area contributed by atoms with Crippen LogP contribution in [-0.2, 0) is 12.8 Å². The number of benzene rings is 2. The summed E-state index contributed by atoms with van der Waals surface area (Å²) in [5.74, 6) is 0.707. The van der Waals surface area contributed by atoms with Crippen molar-refractivity contribution in [1.29, 1.82) is 0 Å². The average Bonchev–Trinajstić information content (AvgIpc) is 3.11. The van der Waals surface area contributed by atoms with Crippen LogP contribution in [0.15, 0.2) is 89.9 Å². The largest absolute Gasteiger partial charge is 0.354 e. The molecule has 0 fully saturated rings. The van der Waals surface area contributed by atoms with Crippen molar-refractivity contribution in [3.8, 4) is 5.82 Å². The fourth-order valence-corrected chi connectivity index (χ4v) is 3.96. The zero-order valence-corrected chi connectivity index (χ0v) is 16.7. The van der Waals surface area contributed by atoms with E-state index in [1.54, 1.807) is 4.57 Å². The molecule has 148 valence electrons. The summed E-state index contributed by atoms with van der Waals surface area (Å²) in [6.45, 7) is 0. The van der Waals surface area contributed by atoms with E-state index in [1.807, 2.05) is 54.7 Å². The molecule has 0 unspecified atom stereocenters. The Balaban J connectivity index is 1.63. The smallest absolute Gasteiger partial charge is 0.278 e. The molecule has 2 aliphatic heterocycles. The number of aromatic nitrogens is 3. The van der Waals surface area contributed by atoms with E-state index in [9.17, 15) is 4.79 Å². The lowest BCUT2D eigenvalue weighted by Gasteiger charge is -2.15. The van der Waals surface area contributed by atoms with Gasteiger partial charge in [0.2, 0.25) is 0 Å². The van der Waals surface area contributed by atoms with Crippen LogP contribution < -0.4 is 5.56 Å². The molecule has 4 nitrogen and oxygen atoms in total.